The van der Waals surface area contributed by atoms with Crippen molar-refractivity contribution in [2.24, 2.45) is 0 Å². The number of hydrogen-bond donors (Lipinski definition) is 0. The van der Waals surface area contributed by atoms with E-state index in [2.05, 4.69) is 252 Å². The van der Waals surface area contributed by atoms with Gasteiger partial charge in [0.05, 0.1) is 27.8 Å². The number of rotatable bonds is 6. The first-order chi connectivity index (χ1) is 34.7. The van der Waals surface area contributed by atoms with E-state index in [-0.39, 0.29) is 0 Å². The maximum Gasteiger partial charge on any atom is 0.135 e. The van der Waals surface area contributed by atoms with Crippen LogP contribution in [0.4, 0.5) is 17.1 Å². The summed E-state index contributed by atoms with van der Waals surface area (Å²) in [5, 5.41) is 4.80. The number of fused-ring (bicyclic) bond motifs is 15. The van der Waals surface area contributed by atoms with Gasteiger partial charge in [-0.25, -0.2) is 0 Å². The van der Waals surface area contributed by atoms with E-state index in [0.29, 0.717) is 0 Å². The summed E-state index contributed by atoms with van der Waals surface area (Å²) < 4.78 is 8.75. The van der Waals surface area contributed by atoms with Gasteiger partial charge in [-0.15, -0.1) is 0 Å². The molecule has 3 heteroatoms. The number of benzene rings is 11. The smallest absolute Gasteiger partial charge is 0.135 e. The van der Waals surface area contributed by atoms with E-state index in [1.807, 2.05) is 12.1 Å². The van der Waals surface area contributed by atoms with Crippen molar-refractivity contribution in [1.29, 1.82) is 0 Å². The molecule has 0 fully saturated rings. The van der Waals surface area contributed by atoms with Crippen molar-refractivity contribution in [2.45, 2.75) is 5.41 Å². The lowest BCUT2D eigenvalue weighted by molar-refractivity contribution is 0.669. The second-order valence-corrected chi connectivity index (χ2v) is 18.7. The van der Waals surface area contributed by atoms with Crippen LogP contribution in [0.3, 0.4) is 0 Å². The maximum atomic E-state index is 6.23. The molecule has 1 spiro atoms. The number of aromatic nitrogens is 1. The second kappa shape index (κ2) is 14.9. The van der Waals surface area contributed by atoms with Crippen molar-refractivity contribution < 1.29 is 4.42 Å². The second-order valence-electron chi connectivity index (χ2n) is 18.7. The fraction of sp³-hybridized carbons (Fsp3) is 0.0149. The summed E-state index contributed by atoms with van der Waals surface area (Å²) in [4.78, 5) is 2.48. The molecule has 11 aromatic carbocycles. The minimum Gasteiger partial charge on any atom is -0.456 e. The molecule has 1 atom stereocenters. The predicted molar refractivity (Wildman–Crippen MR) is 290 cm³/mol. The summed E-state index contributed by atoms with van der Waals surface area (Å²) in [5.41, 5.74) is 22.9. The summed E-state index contributed by atoms with van der Waals surface area (Å²) in [7, 11) is 0. The highest BCUT2D eigenvalue weighted by atomic mass is 16.3. The zero-order valence-electron chi connectivity index (χ0n) is 38.1. The molecule has 326 valence electrons. The predicted octanol–water partition coefficient (Wildman–Crippen LogP) is 17.8. The van der Waals surface area contributed by atoms with E-state index < -0.39 is 5.41 Å². The molecule has 0 N–H and O–H groups in total. The fourth-order valence-corrected chi connectivity index (χ4v) is 12.3. The SMILES string of the molecule is c1ccc(-c2ccccc2-c2ccccc2N(c2ccc(-c3ccc4oc5ccccc5c4c3)cc2)c2ccc3c(c2)C2(c4ccccc4-3)c3ccccc3-n3c4ccccc4c4cccc2c43)cc1. The lowest BCUT2D eigenvalue weighted by atomic mass is 9.65. The Hall–Kier alpha value is -9.18. The molecule has 3 heterocycles. The van der Waals surface area contributed by atoms with Gasteiger partial charge in [0.2, 0.25) is 0 Å². The Morgan fingerprint density at radius 2 is 0.943 bits per heavy atom. The van der Waals surface area contributed by atoms with Gasteiger partial charge in [-0.1, -0.05) is 194 Å². The molecule has 0 bridgehead atoms. The van der Waals surface area contributed by atoms with Crippen LogP contribution in [0.15, 0.2) is 259 Å². The monoisotopic (exact) mass is 890 g/mol. The molecular weight excluding hydrogens is 849 g/mol. The van der Waals surface area contributed by atoms with Crippen molar-refractivity contribution in [2.75, 3.05) is 4.90 Å². The minimum atomic E-state index is -0.590. The molecule has 0 saturated carbocycles. The molecule has 1 unspecified atom stereocenters. The van der Waals surface area contributed by atoms with Crippen molar-refractivity contribution in [3.05, 3.63) is 277 Å². The van der Waals surface area contributed by atoms with Crippen molar-refractivity contribution in [3.63, 3.8) is 0 Å². The van der Waals surface area contributed by atoms with Gasteiger partial charge in [0, 0.05) is 38.5 Å². The molecule has 70 heavy (non-hydrogen) atoms. The lowest BCUT2D eigenvalue weighted by Gasteiger charge is -2.40. The summed E-state index contributed by atoms with van der Waals surface area (Å²) in [6.45, 7) is 0. The average molecular weight is 891 g/mol. The normalized spacial score (nSPS) is 14.3. The first-order valence-electron chi connectivity index (χ1n) is 24.2. The number of nitrogens with zero attached hydrogens (tertiary/aromatic N) is 2. The third kappa shape index (κ3) is 5.40. The first kappa shape index (κ1) is 38.9. The summed E-state index contributed by atoms with van der Waals surface area (Å²) >= 11 is 0. The van der Waals surface area contributed by atoms with Gasteiger partial charge in [0.1, 0.15) is 11.2 Å². The number of anilines is 3. The third-order valence-corrected chi connectivity index (χ3v) is 15.2. The summed E-state index contributed by atoms with van der Waals surface area (Å²) in [6, 6.07) is 93.8. The van der Waals surface area contributed by atoms with Crippen LogP contribution in [0.1, 0.15) is 22.3 Å². The Balaban J connectivity index is 0.980. The highest BCUT2D eigenvalue weighted by Crippen LogP contribution is 2.62. The number of hydrogen-bond acceptors (Lipinski definition) is 2. The zero-order valence-corrected chi connectivity index (χ0v) is 38.1. The molecule has 1 aliphatic heterocycles. The van der Waals surface area contributed by atoms with E-state index in [0.717, 1.165) is 55.7 Å². The van der Waals surface area contributed by atoms with Crippen molar-refractivity contribution in [3.8, 4) is 50.2 Å². The standard InChI is InChI=1S/C67H42N2O/c1-2-17-44(18-3-1)48-19-4-5-20-49(48)52-22-7-12-29-61(52)68(46-36-33-43(34-37-46)45-35-40-65-56(41-45)54-24-9-15-32-64(54)70-65)47-38-39-51-50-21-6-10-26-57(50)67(60(51)42-47)58-27-11-14-31-63(58)69-62-30-13-8-23-53(62)55-25-16-28-59(67)66(55)69/h1-42H. The summed E-state index contributed by atoms with van der Waals surface area (Å²) in [5.74, 6) is 0. The third-order valence-electron chi connectivity index (χ3n) is 15.2. The lowest BCUT2D eigenvalue weighted by Crippen LogP contribution is -2.33. The van der Waals surface area contributed by atoms with Crippen LogP contribution in [0.5, 0.6) is 0 Å². The van der Waals surface area contributed by atoms with E-state index in [1.54, 1.807) is 0 Å². The topological polar surface area (TPSA) is 21.3 Å². The fourth-order valence-electron chi connectivity index (χ4n) is 12.3. The van der Waals surface area contributed by atoms with Crippen LogP contribution in [0, 0.1) is 0 Å². The molecule has 15 rings (SSSR count). The van der Waals surface area contributed by atoms with E-state index >= 15 is 0 Å². The Morgan fingerprint density at radius 1 is 0.329 bits per heavy atom. The van der Waals surface area contributed by atoms with Crippen LogP contribution in [0.25, 0.3) is 93.9 Å². The Kier molecular flexibility index (Phi) is 8.28. The van der Waals surface area contributed by atoms with E-state index in [4.69, 9.17) is 4.42 Å². The number of furan rings is 1. The largest absolute Gasteiger partial charge is 0.456 e. The van der Waals surface area contributed by atoms with Gasteiger partial charge in [0.15, 0.2) is 0 Å². The molecule has 13 aromatic rings. The van der Waals surface area contributed by atoms with Crippen molar-refractivity contribution in [1.82, 2.24) is 4.57 Å². The molecule has 0 radical (unpaired) electrons. The Labute approximate surface area is 405 Å². The maximum absolute atomic E-state index is 6.23. The van der Waals surface area contributed by atoms with Gasteiger partial charge in [-0.05, 0) is 122 Å². The molecule has 0 saturated heterocycles. The van der Waals surface area contributed by atoms with Crippen LogP contribution < -0.4 is 4.90 Å². The molecule has 2 aromatic heterocycles. The molecule has 2 aliphatic rings. The molecule has 0 amide bonds. The van der Waals surface area contributed by atoms with Crippen molar-refractivity contribution >= 4 is 60.8 Å². The molecule has 1 aliphatic carbocycles. The van der Waals surface area contributed by atoms with Crippen LogP contribution >= 0.6 is 0 Å². The summed E-state index contributed by atoms with van der Waals surface area (Å²) in [6.07, 6.45) is 0. The van der Waals surface area contributed by atoms with Gasteiger partial charge in [-0.2, -0.15) is 0 Å². The number of para-hydroxylation sites is 5. The van der Waals surface area contributed by atoms with Gasteiger partial charge in [-0.3, -0.25) is 0 Å². The quantitative estimate of drug-likeness (QED) is 0.166. The minimum absolute atomic E-state index is 0.590. The first-order valence-corrected chi connectivity index (χ1v) is 24.2. The molecule has 3 nitrogen and oxygen atoms in total. The van der Waals surface area contributed by atoms with Gasteiger partial charge < -0.3 is 13.9 Å². The highest BCUT2D eigenvalue weighted by molar-refractivity contribution is 6.13. The zero-order chi connectivity index (χ0) is 45.9. The van der Waals surface area contributed by atoms with E-state index in [1.165, 1.54) is 77.6 Å². The van der Waals surface area contributed by atoms with E-state index in [9.17, 15) is 0 Å². The van der Waals surface area contributed by atoms with Crippen LogP contribution in [0.2, 0.25) is 0 Å². The molecular formula is C67H42N2O. The van der Waals surface area contributed by atoms with Crippen LogP contribution in [-0.2, 0) is 5.41 Å². The highest BCUT2D eigenvalue weighted by Gasteiger charge is 2.51. The Morgan fingerprint density at radius 3 is 1.81 bits per heavy atom. The van der Waals surface area contributed by atoms with Gasteiger partial charge >= 0.3 is 0 Å². The average Bonchev–Trinajstić information content (AvgIpc) is 4.07. The Bertz CT molecular complexity index is 4250. The van der Waals surface area contributed by atoms with Gasteiger partial charge in [0.25, 0.3) is 0 Å². The van der Waals surface area contributed by atoms with Crippen LogP contribution in [-0.4, -0.2) is 4.57 Å².